The number of methoxy groups -OCH3 is 1. The molecule has 0 radical (unpaired) electrons. The van der Waals surface area contributed by atoms with Crippen molar-refractivity contribution in [2.75, 3.05) is 26.1 Å². The molecule has 0 bridgehead atoms. The molecule has 0 fully saturated rings. The van der Waals surface area contributed by atoms with Crippen LogP contribution in [0.1, 0.15) is 11.5 Å². The summed E-state index contributed by atoms with van der Waals surface area (Å²) < 4.78 is 46.9. The molecular weight excluding hydrogens is 389 g/mol. The largest absolute Gasteiger partial charge is 0.497 e. The highest BCUT2D eigenvalue weighted by Crippen LogP contribution is 2.31. The molecule has 29 heavy (non-hydrogen) atoms. The number of nitrogens with zero attached hydrogens (tertiary/aromatic N) is 2. The quantitative estimate of drug-likeness (QED) is 0.762. The van der Waals surface area contributed by atoms with Gasteiger partial charge in [0.2, 0.25) is 0 Å². The van der Waals surface area contributed by atoms with E-state index in [-0.39, 0.29) is 29.4 Å². The van der Waals surface area contributed by atoms with Crippen LogP contribution >= 0.6 is 0 Å². The molecule has 0 aliphatic carbocycles. The van der Waals surface area contributed by atoms with Crippen molar-refractivity contribution in [1.29, 1.82) is 0 Å². The molecule has 1 aliphatic rings. The van der Waals surface area contributed by atoms with Crippen molar-refractivity contribution < 1.29 is 27.5 Å². The van der Waals surface area contributed by atoms with Crippen molar-refractivity contribution in [3.63, 3.8) is 0 Å². The first-order valence-corrected chi connectivity index (χ1v) is 8.44. The number of hydroxylamine groups is 1. The average molecular weight is 406 g/mol. The zero-order valence-corrected chi connectivity index (χ0v) is 15.5. The number of benzene rings is 2. The molecule has 0 aromatic heterocycles. The molecule has 3 rings (SSSR count). The lowest BCUT2D eigenvalue weighted by Gasteiger charge is -2.15. The number of anilines is 1. The van der Waals surface area contributed by atoms with Gasteiger partial charge in [0.05, 0.1) is 32.4 Å². The molecule has 0 saturated carbocycles. The van der Waals surface area contributed by atoms with Crippen molar-refractivity contribution in [3.8, 4) is 5.75 Å². The Morgan fingerprint density at radius 2 is 1.79 bits per heavy atom. The monoisotopic (exact) mass is 406 g/mol. The average Bonchev–Trinajstić information content (AvgIpc) is 3.05. The number of halogens is 3. The minimum absolute atomic E-state index is 0.00516. The van der Waals surface area contributed by atoms with Crippen molar-refractivity contribution in [2.24, 2.45) is 9.98 Å². The van der Waals surface area contributed by atoms with Gasteiger partial charge < -0.3 is 10.1 Å². The Morgan fingerprint density at radius 1 is 1.14 bits per heavy atom. The number of hydrogen-bond acceptors (Lipinski definition) is 5. The summed E-state index contributed by atoms with van der Waals surface area (Å²) >= 11 is 0. The van der Waals surface area contributed by atoms with E-state index in [1.165, 1.54) is 38.5 Å². The van der Waals surface area contributed by atoms with Crippen LogP contribution in [0.3, 0.4) is 0 Å². The van der Waals surface area contributed by atoms with Gasteiger partial charge in [-0.05, 0) is 24.3 Å². The molecule has 2 amide bonds. The van der Waals surface area contributed by atoms with Gasteiger partial charge in [0, 0.05) is 23.4 Å². The molecule has 0 spiro atoms. The number of hydrogen-bond donors (Lipinski definition) is 2. The van der Waals surface area contributed by atoms with E-state index in [1.807, 2.05) is 0 Å². The number of rotatable bonds is 4. The lowest BCUT2D eigenvalue weighted by atomic mass is 9.94. The van der Waals surface area contributed by atoms with Crippen LogP contribution in [0.4, 0.5) is 23.7 Å². The van der Waals surface area contributed by atoms with Crippen molar-refractivity contribution in [2.45, 2.75) is 5.92 Å². The number of aliphatic imine (C=N–C) groups is 2. The van der Waals surface area contributed by atoms with E-state index in [2.05, 4.69) is 20.8 Å². The predicted octanol–water partition coefficient (Wildman–Crippen LogP) is 3.43. The fourth-order valence-corrected chi connectivity index (χ4v) is 2.86. The summed E-state index contributed by atoms with van der Waals surface area (Å²) in [7, 11) is 2.61. The first-order chi connectivity index (χ1) is 13.9. The molecule has 0 unspecified atom stereocenters. The Kier molecular flexibility index (Phi) is 6.13. The standard InChI is InChI=1S/C19H17F3N4O3/c1-28-12-7-14(21)16(15(22)8-12)13-9-23-18(26-29-2)17(13)25-19(27)24-11-5-3-10(20)4-6-11/h3-8,13H,9H2,1-2H3,(H,23,26)(H,24,27)/t13-/m0/s1. The minimum Gasteiger partial charge on any atom is -0.497 e. The number of carbonyl (C=O) groups is 1. The van der Waals surface area contributed by atoms with Gasteiger partial charge in [-0.2, -0.15) is 4.99 Å². The highest BCUT2D eigenvalue weighted by molar-refractivity contribution is 6.46. The van der Waals surface area contributed by atoms with Gasteiger partial charge in [0.15, 0.2) is 5.84 Å². The molecule has 1 aliphatic heterocycles. The third-order valence-corrected chi connectivity index (χ3v) is 4.16. The van der Waals surface area contributed by atoms with Crippen molar-refractivity contribution >= 4 is 23.3 Å². The number of ether oxygens (including phenoxy) is 1. The third-order valence-electron chi connectivity index (χ3n) is 4.16. The SMILES string of the molecule is CONC1=NC[C@@H](c2c(F)cc(OC)cc2F)C1=NC(=O)Nc1ccc(F)cc1. The van der Waals surface area contributed by atoms with E-state index in [1.54, 1.807) is 0 Å². The smallest absolute Gasteiger partial charge is 0.345 e. The normalized spacial score (nSPS) is 17.2. The molecule has 2 N–H and O–H groups in total. The predicted molar refractivity (Wildman–Crippen MR) is 101 cm³/mol. The van der Waals surface area contributed by atoms with Gasteiger partial charge in [-0.15, -0.1) is 0 Å². The Hall–Kier alpha value is -3.40. The summed E-state index contributed by atoms with van der Waals surface area (Å²) in [5, 5.41) is 2.45. The van der Waals surface area contributed by atoms with Crippen LogP contribution in [0.2, 0.25) is 0 Å². The van der Waals surface area contributed by atoms with Crippen LogP contribution in [0.25, 0.3) is 0 Å². The molecule has 0 saturated heterocycles. The van der Waals surface area contributed by atoms with Crippen molar-refractivity contribution in [1.82, 2.24) is 5.48 Å². The first kappa shape index (κ1) is 20.3. The molecule has 152 valence electrons. The summed E-state index contributed by atoms with van der Waals surface area (Å²) in [6.07, 6.45) is 0. The van der Waals surface area contributed by atoms with Gasteiger partial charge in [-0.1, -0.05) is 0 Å². The Bertz CT molecular complexity index is 954. The van der Waals surface area contributed by atoms with Gasteiger partial charge in [0.1, 0.15) is 23.2 Å². The van der Waals surface area contributed by atoms with Crippen LogP contribution in [-0.4, -0.2) is 38.3 Å². The highest BCUT2D eigenvalue weighted by Gasteiger charge is 2.34. The second kappa shape index (κ2) is 8.74. The van der Waals surface area contributed by atoms with Crippen LogP contribution in [-0.2, 0) is 4.84 Å². The fourth-order valence-electron chi connectivity index (χ4n) is 2.86. The lowest BCUT2D eigenvalue weighted by molar-refractivity contribution is 0.146. The molecule has 1 heterocycles. The molecule has 1 atom stereocenters. The first-order valence-electron chi connectivity index (χ1n) is 8.44. The maximum absolute atomic E-state index is 14.5. The van der Waals surface area contributed by atoms with E-state index >= 15 is 0 Å². The van der Waals surface area contributed by atoms with Gasteiger partial charge in [-0.3, -0.25) is 9.83 Å². The highest BCUT2D eigenvalue weighted by atomic mass is 19.1. The third kappa shape index (κ3) is 4.54. The zero-order chi connectivity index (χ0) is 21.0. The zero-order valence-electron chi connectivity index (χ0n) is 15.5. The summed E-state index contributed by atoms with van der Waals surface area (Å²) in [4.78, 5) is 25.2. The minimum atomic E-state index is -0.961. The molecule has 7 nitrogen and oxygen atoms in total. The van der Waals surface area contributed by atoms with Crippen LogP contribution < -0.4 is 15.5 Å². The van der Waals surface area contributed by atoms with Crippen LogP contribution in [0.15, 0.2) is 46.4 Å². The summed E-state index contributed by atoms with van der Waals surface area (Å²) in [6.45, 7) is -0.0471. The van der Waals surface area contributed by atoms with E-state index < -0.39 is 29.4 Å². The molecule has 2 aromatic rings. The number of urea groups is 1. The molecule has 10 heteroatoms. The maximum Gasteiger partial charge on any atom is 0.345 e. The summed E-state index contributed by atoms with van der Waals surface area (Å²) in [6, 6.07) is 6.30. The van der Waals surface area contributed by atoms with E-state index in [0.717, 1.165) is 12.1 Å². The van der Waals surface area contributed by atoms with Gasteiger partial charge in [-0.25, -0.2) is 23.4 Å². The van der Waals surface area contributed by atoms with Crippen LogP contribution in [0.5, 0.6) is 5.75 Å². The lowest BCUT2D eigenvalue weighted by Crippen LogP contribution is -2.32. The van der Waals surface area contributed by atoms with E-state index in [9.17, 15) is 18.0 Å². The Labute approximate surface area is 164 Å². The van der Waals surface area contributed by atoms with E-state index in [0.29, 0.717) is 5.69 Å². The molecule has 2 aromatic carbocycles. The van der Waals surface area contributed by atoms with Gasteiger partial charge >= 0.3 is 6.03 Å². The van der Waals surface area contributed by atoms with Crippen LogP contribution in [0, 0.1) is 17.5 Å². The Balaban J connectivity index is 1.93. The maximum atomic E-state index is 14.5. The number of amidine groups is 1. The Morgan fingerprint density at radius 3 is 2.38 bits per heavy atom. The number of nitrogens with one attached hydrogen (secondary N) is 2. The van der Waals surface area contributed by atoms with Crippen molar-refractivity contribution in [3.05, 3.63) is 59.4 Å². The summed E-state index contributed by atoms with van der Waals surface area (Å²) in [5.41, 5.74) is 2.45. The second-order valence-electron chi connectivity index (χ2n) is 5.99. The number of carbonyl (C=O) groups excluding carboxylic acids is 1. The van der Waals surface area contributed by atoms with E-state index in [4.69, 9.17) is 9.57 Å². The summed E-state index contributed by atoms with van der Waals surface area (Å²) in [5.74, 6) is -3.04. The topological polar surface area (TPSA) is 84.3 Å². The number of amides is 2. The molecular formula is C19H17F3N4O3. The van der Waals surface area contributed by atoms with Gasteiger partial charge in [0.25, 0.3) is 0 Å². The second-order valence-corrected chi connectivity index (χ2v) is 5.99. The fraction of sp³-hybridized carbons (Fsp3) is 0.211.